The summed E-state index contributed by atoms with van der Waals surface area (Å²) < 4.78 is 4.50. The van der Waals surface area contributed by atoms with Crippen LogP contribution in [0.4, 0.5) is 5.13 Å². The summed E-state index contributed by atoms with van der Waals surface area (Å²) in [6.07, 6.45) is 1.86. The Balaban J connectivity index is 1.59. The number of halogens is 1. The number of nitrogens with one attached hydrogen (secondary N) is 1. The molecule has 0 aliphatic heterocycles. The lowest BCUT2D eigenvalue weighted by molar-refractivity contribution is 0.962. The number of hydrogen-bond acceptors (Lipinski definition) is 4. The molecule has 0 saturated heterocycles. The maximum atomic E-state index is 4.54. The second-order valence-electron chi connectivity index (χ2n) is 6.45. The second-order valence-corrected chi connectivity index (χ2v) is 8.34. The summed E-state index contributed by atoms with van der Waals surface area (Å²) in [5.74, 6) is 0. The van der Waals surface area contributed by atoms with E-state index in [2.05, 4.69) is 87.1 Å². The quantitative estimate of drug-likeness (QED) is 0.303. The summed E-state index contributed by atoms with van der Waals surface area (Å²) in [5, 5.41) is 5.19. The molecule has 136 valence electrons. The molecule has 0 spiro atoms. The molecule has 4 aromatic rings. The minimum atomic E-state index is 0.795. The third-order valence-electron chi connectivity index (χ3n) is 4.54. The number of aryl methyl sites for hydroxylation is 2. The summed E-state index contributed by atoms with van der Waals surface area (Å²) >= 11 is 5.22. The molecule has 2 aromatic carbocycles. The third-order valence-corrected chi connectivity index (χ3v) is 6.34. The van der Waals surface area contributed by atoms with E-state index in [1.807, 2.05) is 24.4 Å². The minimum absolute atomic E-state index is 0.795. The summed E-state index contributed by atoms with van der Waals surface area (Å²) in [7, 11) is 0. The van der Waals surface area contributed by atoms with Crippen LogP contribution in [0.25, 0.3) is 15.9 Å². The first kappa shape index (κ1) is 17.9. The molecule has 4 rings (SSSR count). The topological polar surface area (TPSA) is 42.2 Å². The van der Waals surface area contributed by atoms with E-state index in [0.29, 0.717) is 0 Å². The predicted octanol–water partition coefficient (Wildman–Crippen LogP) is 6.22. The Morgan fingerprint density at radius 1 is 1.11 bits per heavy atom. The van der Waals surface area contributed by atoms with Gasteiger partial charge < -0.3 is 4.57 Å². The molecule has 27 heavy (non-hydrogen) atoms. The van der Waals surface area contributed by atoms with Gasteiger partial charge in [-0.2, -0.15) is 5.10 Å². The van der Waals surface area contributed by atoms with Crippen LogP contribution in [0.3, 0.4) is 0 Å². The van der Waals surface area contributed by atoms with Crippen LogP contribution in [-0.4, -0.2) is 15.8 Å². The molecule has 0 saturated carbocycles. The smallest absolute Gasteiger partial charge is 0.204 e. The third kappa shape index (κ3) is 3.55. The number of rotatable bonds is 4. The fourth-order valence-electron chi connectivity index (χ4n) is 3.11. The zero-order chi connectivity index (χ0) is 19.0. The Morgan fingerprint density at radius 2 is 1.93 bits per heavy atom. The van der Waals surface area contributed by atoms with Gasteiger partial charge in [-0.1, -0.05) is 45.5 Å². The number of thiazole rings is 1. The van der Waals surface area contributed by atoms with Crippen LogP contribution in [0, 0.1) is 20.8 Å². The fourth-order valence-corrected chi connectivity index (χ4v) is 4.30. The molecule has 0 bridgehead atoms. The highest BCUT2D eigenvalue weighted by Crippen LogP contribution is 2.26. The molecular formula is C21H19BrN4S. The summed E-state index contributed by atoms with van der Waals surface area (Å²) in [6.45, 7) is 6.31. The van der Waals surface area contributed by atoms with Gasteiger partial charge in [-0.15, -0.1) is 0 Å². The Labute approximate surface area is 170 Å². The fraction of sp³-hybridized carbons (Fsp3) is 0.143. The number of hydrogen-bond donors (Lipinski definition) is 1. The molecule has 2 aromatic heterocycles. The Morgan fingerprint density at radius 3 is 2.70 bits per heavy atom. The zero-order valence-electron chi connectivity index (χ0n) is 15.3. The van der Waals surface area contributed by atoms with Crippen molar-refractivity contribution in [2.75, 3.05) is 5.43 Å². The van der Waals surface area contributed by atoms with Crippen molar-refractivity contribution in [3.63, 3.8) is 0 Å². The van der Waals surface area contributed by atoms with Crippen LogP contribution in [0.15, 0.2) is 58.1 Å². The van der Waals surface area contributed by atoms with Crippen LogP contribution in [-0.2, 0) is 0 Å². The van der Waals surface area contributed by atoms with Crippen LogP contribution < -0.4 is 5.43 Å². The van der Waals surface area contributed by atoms with E-state index in [1.165, 1.54) is 11.3 Å². The van der Waals surface area contributed by atoms with E-state index in [4.69, 9.17) is 0 Å². The molecule has 0 unspecified atom stereocenters. The van der Waals surface area contributed by atoms with Crippen molar-refractivity contribution in [1.29, 1.82) is 0 Å². The van der Waals surface area contributed by atoms with Crippen molar-refractivity contribution >= 4 is 48.8 Å². The maximum absolute atomic E-state index is 4.54. The first-order valence-corrected chi connectivity index (χ1v) is 10.2. The van der Waals surface area contributed by atoms with Crippen molar-refractivity contribution in [2.24, 2.45) is 5.10 Å². The van der Waals surface area contributed by atoms with E-state index in [0.717, 1.165) is 36.8 Å². The van der Waals surface area contributed by atoms with E-state index < -0.39 is 0 Å². The highest BCUT2D eigenvalue weighted by Gasteiger charge is 2.10. The number of anilines is 1. The molecule has 1 N–H and O–H groups in total. The number of fused-ring (bicyclic) bond motifs is 1. The average molecular weight is 439 g/mol. The molecule has 0 aliphatic rings. The highest BCUT2D eigenvalue weighted by molar-refractivity contribution is 9.10. The van der Waals surface area contributed by atoms with Crippen molar-refractivity contribution in [3.05, 3.63) is 75.5 Å². The minimum Gasteiger partial charge on any atom is -0.318 e. The SMILES string of the molecule is Cc1ccc(-n2c(C)cc(/C=N\Nc3nc4ccccc4s3)c2C)cc1Br. The molecule has 0 amide bonds. The van der Waals surface area contributed by atoms with Gasteiger partial charge in [0.05, 0.1) is 16.4 Å². The lowest BCUT2D eigenvalue weighted by Crippen LogP contribution is -2.00. The Kier molecular flexibility index (Phi) is 4.85. The van der Waals surface area contributed by atoms with Crippen LogP contribution >= 0.6 is 27.3 Å². The number of para-hydroxylation sites is 1. The highest BCUT2D eigenvalue weighted by atomic mass is 79.9. The first-order valence-electron chi connectivity index (χ1n) is 8.63. The molecule has 0 fully saturated rings. The standard InChI is InChI=1S/C21H19BrN4S/c1-13-8-9-17(11-18(13)22)26-14(2)10-16(15(26)3)12-23-25-21-24-19-6-4-5-7-20(19)27-21/h4-12H,1-3H3,(H,24,25)/b23-12-. The van der Waals surface area contributed by atoms with Gasteiger partial charge in [0.15, 0.2) is 0 Å². The Bertz CT molecular complexity index is 1120. The van der Waals surface area contributed by atoms with Gasteiger partial charge in [0.2, 0.25) is 5.13 Å². The normalized spacial score (nSPS) is 11.6. The van der Waals surface area contributed by atoms with Gasteiger partial charge in [0.25, 0.3) is 0 Å². The van der Waals surface area contributed by atoms with Crippen LogP contribution in [0.5, 0.6) is 0 Å². The molecule has 6 heteroatoms. The lowest BCUT2D eigenvalue weighted by Gasteiger charge is -2.11. The summed E-state index contributed by atoms with van der Waals surface area (Å²) in [4.78, 5) is 4.54. The molecule has 4 nitrogen and oxygen atoms in total. The van der Waals surface area contributed by atoms with Crippen molar-refractivity contribution in [1.82, 2.24) is 9.55 Å². The van der Waals surface area contributed by atoms with Crippen LogP contribution in [0.1, 0.15) is 22.5 Å². The van der Waals surface area contributed by atoms with Crippen LogP contribution in [0.2, 0.25) is 0 Å². The van der Waals surface area contributed by atoms with Crippen molar-refractivity contribution < 1.29 is 0 Å². The molecule has 0 aliphatic carbocycles. The number of nitrogens with zero attached hydrogens (tertiary/aromatic N) is 3. The van der Waals surface area contributed by atoms with E-state index in [9.17, 15) is 0 Å². The molecule has 2 heterocycles. The summed E-state index contributed by atoms with van der Waals surface area (Å²) in [6, 6.07) is 16.6. The van der Waals surface area contributed by atoms with Crippen molar-refractivity contribution in [3.8, 4) is 5.69 Å². The monoisotopic (exact) mass is 438 g/mol. The van der Waals surface area contributed by atoms with Gasteiger partial charge >= 0.3 is 0 Å². The predicted molar refractivity (Wildman–Crippen MR) is 119 cm³/mol. The average Bonchev–Trinajstić information content (AvgIpc) is 3.18. The van der Waals surface area contributed by atoms with E-state index >= 15 is 0 Å². The van der Waals surface area contributed by atoms with Gasteiger partial charge in [-0.3, -0.25) is 5.43 Å². The number of hydrazone groups is 1. The maximum Gasteiger partial charge on any atom is 0.204 e. The zero-order valence-corrected chi connectivity index (χ0v) is 17.7. The lowest BCUT2D eigenvalue weighted by atomic mass is 10.2. The first-order chi connectivity index (χ1) is 13.0. The molecule has 0 atom stereocenters. The largest absolute Gasteiger partial charge is 0.318 e. The van der Waals surface area contributed by atoms with Gasteiger partial charge in [0, 0.05) is 27.1 Å². The van der Waals surface area contributed by atoms with Gasteiger partial charge in [0.1, 0.15) is 0 Å². The van der Waals surface area contributed by atoms with Gasteiger partial charge in [-0.05, 0) is 56.7 Å². The summed E-state index contributed by atoms with van der Waals surface area (Å²) in [5.41, 5.74) is 9.81. The number of aromatic nitrogens is 2. The number of benzene rings is 2. The van der Waals surface area contributed by atoms with Gasteiger partial charge in [-0.25, -0.2) is 4.98 Å². The molecular weight excluding hydrogens is 420 g/mol. The Hall–Kier alpha value is -2.44. The van der Waals surface area contributed by atoms with Crippen molar-refractivity contribution in [2.45, 2.75) is 20.8 Å². The molecule has 0 radical (unpaired) electrons. The van der Waals surface area contributed by atoms with E-state index in [-0.39, 0.29) is 0 Å². The second kappa shape index (κ2) is 7.29. The van der Waals surface area contributed by atoms with E-state index in [1.54, 1.807) is 11.3 Å².